The quantitative estimate of drug-likeness (QED) is 0.342. The van der Waals surface area contributed by atoms with Gasteiger partial charge in [0, 0.05) is 34.5 Å². The molecule has 2 unspecified atom stereocenters. The first kappa shape index (κ1) is 21.5. The summed E-state index contributed by atoms with van der Waals surface area (Å²) in [6.45, 7) is 2.62. The van der Waals surface area contributed by atoms with Crippen molar-refractivity contribution in [3.63, 3.8) is 0 Å². The van der Waals surface area contributed by atoms with Gasteiger partial charge in [-0.1, -0.05) is 17.7 Å². The van der Waals surface area contributed by atoms with E-state index in [0.29, 0.717) is 16.7 Å². The number of ether oxygens (including phenoxy) is 1. The van der Waals surface area contributed by atoms with Crippen molar-refractivity contribution in [2.24, 2.45) is 0 Å². The predicted molar refractivity (Wildman–Crippen MR) is 136 cm³/mol. The summed E-state index contributed by atoms with van der Waals surface area (Å²) in [4.78, 5) is 6.78. The highest BCUT2D eigenvalue weighted by molar-refractivity contribution is 7.80. The number of nitrogens with one attached hydrogen (secondary N) is 1. The number of aromatic nitrogens is 2. The van der Waals surface area contributed by atoms with Crippen LogP contribution in [0.5, 0.6) is 5.75 Å². The molecule has 0 amide bonds. The molecular weight excluding hydrogens is 452 g/mol. The van der Waals surface area contributed by atoms with E-state index < -0.39 is 0 Å². The summed E-state index contributed by atoms with van der Waals surface area (Å²) in [5.41, 5.74) is 4.05. The first-order valence-electron chi connectivity index (χ1n) is 10.8. The van der Waals surface area contributed by atoms with Crippen LogP contribution in [-0.2, 0) is 0 Å². The number of nitrogens with zero attached hydrogens (tertiary/aromatic N) is 3. The molecule has 0 aliphatic carbocycles. The fourth-order valence-corrected chi connectivity index (χ4v) is 4.75. The number of anilines is 1. The van der Waals surface area contributed by atoms with Gasteiger partial charge in [-0.15, -0.1) is 0 Å². The lowest BCUT2D eigenvalue weighted by Crippen LogP contribution is -2.30. The topological polar surface area (TPSA) is 42.3 Å². The summed E-state index contributed by atoms with van der Waals surface area (Å²) in [5.74, 6) is 0.854. The molecule has 33 heavy (non-hydrogen) atoms. The lowest BCUT2D eigenvalue weighted by molar-refractivity contribution is 0.340. The van der Waals surface area contributed by atoms with Crippen molar-refractivity contribution in [3.05, 3.63) is 108 Å². The van der Waals surface area contributed by atoms with Gasteiger partial charge in [-0.2, -0.15) is 0 Å². The van der Waals surface area contributed by atoms with Gasteiger partial charge in [0.15, 0.2) is 5.11 Å². The predicted octanol–water partition coefficient (Wildman–Crippen LogP) is 6.10. The molecule has 5 nitrogen and oxygen atoms in total. The Hall–Kier alpha value is -3.35. The van der Waals surface area contributed by atoms with E-state index in [4.69, 9.17) is 28.6 Å². The Morgan fingerprint density at radius 2 is 1.73 bits per heavy atom. The normalized spacial score (nSPS) is 17.8. The van der Waals surface area contributed by atoms with Crippen molar-refractivity contribution in [1.82, 2.24) is 14.9 Å². The van der Waals surface area contributed by atoms with Crippen molar-refractivity contribution in [1.29, 1.82) is 0 Å². The smallest absolute Gasteiger partial charge is 0.174 e. The van der Waals surface area contributed by atoms with E-state index in [2.05, 4.69) is 50.2 Å². The summed E-state index contributed by atoms with van der Waals surface area (Å²) in [5, 5.41) is 4.84. The molecule has 1 aliphatic rings. The molecule has 4 aromatic rings. The molecule has 0 bridgehead atoms. The molecule has 0 saturated carbocycles. The van der Waals surface area contributed by atoms with E-state index in [1.54, 1.807) is 0 Å². The fraction of sp³-hybridized carbons (Fsp3) is 0.154. The molecule has 0 radical (unpaired) electrons. The van der Waals surface area contributed by atoms with Gasteiger partial charge in [0.05, 0.1) is 18.3 Å². The van der Waals surface area contributed by atoms with Gasteiger partial charge < -0.3 is 19.5 Å². The van der Waals surface area contributed by atoms with Gasteiger partial charge in [-0.05, 0) is 91.9 Å². The van der Waals surface area contributed by atoms with E-state index in [0.717, 1.165) is 28.5 Å². The number of thiocarbonyl (C=S) groups is 1. The number of hydrogen-bond donors (Lipinski definition) is 1. The number of hydrogen-bond acceptors (Lipinski definition) is 3. The minimum atomic E-state index is -0.120. The molecule has 7 heteroatoms. The van der Waals surface area contributed by atoms with Crippen LogP contribution < -0.4 is 15.0 Å². The van der Waals surface area contributed by atoms with Crippen LogP contribution in [0.2, 0.25) is 5.02 Å². The third-order valence-corrected chi connectivity index (χ3v) is 6.28. The van der Waals surface area contributed by atoms with Crippen molar-refractivity contribution in [3.8, 4) is 11.4 Å². The molecular formula is C26H23ClN4OS. The first-order valence-corrected chi connectivity index (χ1v) is 11.6. The van der Waals surface area contributed by atoms with Crippen LogP contribution in [0.15, 0.2) is 91.3 Å². The Balaban J connectivity index is 1.61. The van der Waals surface area contributed by atoms with Crippen LogP contribution in [0.3, 0.4) is 0 Å². The summed E-state index contributed by atoms with van der Waals surface area (Å²) >= 11 is 12.0. The minimum absolute atomic E-state index is 0.116. The molecule has 1 saturated heterocycles. The van der Waals surface area contributed by atoms with Gasteiger partial charge in [0.2, 0.25) is 0 Å². The van der Waals surface area contributed by atoms with Gasteiger partial charge in [-0.3, -0.25) is 4.98 Å². The van der Waals surface area contributed by atoms with Crippen LogP contribution in [0, 0.1) is 0 Å². The molecule has 2 aromatic heterocycles. The maximum absolute atomic E-state index is 6.16. The zero-order valence-electron chi connectivity index (χ0n) is 18.1. The van der Waals surface area contributed by atoms with Crippen LogP contribution in [0.4, 0.5) is 5.69 Å². The third kappa shape index (κ3) is 4.19. The number of pyridine rings is 1. The van der Waals surface area contributed by atoms with Crippen LogP contribution >= 0.6 is 23.8 Å². The van der Waals surface area contributed by atoms with Gasteiger partial charge >= 0.3 is 0 Å². The van der Waals surface area contributed by atoms with Crippen molar-refractivity contribution in [2.45, 2.75) is 19.0 Å². The molecule has 3 heterocycles. The number of benzene rings is 2. The first-order chi connectivity index (χ1) is 16.2. The van der Waals surface area contributed by atoms with E-state index >= 15 is 0 Å². The molecule has 1 aliphatic heterocycles. The second-order valence-corrected chi connectivity index (χ2v) is 8.53. The van der Waals surface area contributed by atoms with E-state index in [9.17, 15) is 0 Å². The Morgan fingerprint density at radius 1 is 0.970 bits per heavy atom. The van der Waals surface area contributed by atoms with Crippen molar-refractivity contribution < 1.29 is 4.74 Å². The highest BCUT2D eigenvalue weighted by Gasteiger charge is 2.42. The van der Waals surface area contributed by atoms with Crippen molar-refractivity contribution in [2.75, 3.05) is 11.5 Å². The molecule has 166 valence electrons. The zero-order valence-corrected chi connectivity index (χ0v) is 19.6. The third-order valence-electron chi connectivity index (χ3n) is 5.71. The minimum Gasteiger partial charge on any atom is -0.494 e. The molecule has 1 fully saturated rings. The Bertz CT molecular complexity index is 1240. The Morgan fingerprint density at radius 3 is 2.42 bits per heavy atom. The van der Waals surface area contributed by atoms with E-state index in [1.807, 2.05) is 67.7 Å². The molecule has 1 N–H and O–H groups in total. The molecule has 0 spiro atoms. The standard InChI is InChI=1S/C26H23ClN4OS/c1-2-32-21-14-12-19(13-15-21)30-17-5-7-23(30)25-24(22-6-3-4-16-28-22)29-26(33)31(25)20-10-8-18(27)9-11-20/h3-17,24-25H,2H2,1H3,(H,29,33). The summed E-state index contributed by atoms with van der Waals surface area (Å²) in [7, 11) is 0. The molecule has 5 rings (SSSR count). The maximum atomic E-state index is 6.16. The average molecular weight is 475 g/mol. The van der Waals surface area contributed by atoms with Crippen LogP contribution in [-0.4, -0.2) is 21.3 Å². The van der Waals surface area contributed by atoms with Crippen LogP contribution in [0.1, 0.15) is 30.4 Å². The second kappa shape index (κ2) is 9.25. The van der Waals surface area contributed by atoms with Gasteiger partial charge in [-0.25, -0.2) is 0 Å². The Labute approximate surface area is 203 Å². The SMILES string of the molecule is CCOc1ccc(-n2cccc2C2C(c3ccccn3)NC(=S)N2c2ccc(Cl)cc2)cc1. The number of rotatable bonds is 6. The van der Waals surface area contributed by atoms with Gasteiger partial charge in [0.1, 0.15) is 11.8 Å². The molecule has 2 aromatic carbocycles. The lowest BCUT2D eigenvalue weighted by Gasteiger charge is -2.29. The maximum Gasteiger partial charge on any atom is 0.174 e. The fourth-order valence-electron chi connectivity index (χ4n) is 4.28. The number of halogens is 1. The lowest BCUT2D eigenvalue weighted by atomic mass is 10.0. The highest BCUT2D eigenvalue weighted by Crippen LogP contribution is 2.42. The zero-order chi connectivity index (χ0) is 22.8. The second-order valence-electron chi connectivity index (χ2n) is 7.70. The van der Waals surface area contributed by atoms with Crippen LogP contribution in [0.25, 0.3) is 5.69 Å². The van der Waals surface area contributed by atoms with E-state index in [-0.39, 0.29) is 12.1 Å². The largest absolute Gasteiger partial charge is 0.494 e. The highest BCUT2D eigenvalue weighted by atomic mass is 35.5. The summed E-state index contributed by atoms with van der Waals surface area (Å²) in [6.07, 6.45) is 3.88. The molecule has 2 atom stereocenters. The van der Waals surface area contributed by atoms with E-state index in [1.165, 1.54) is 0 Å². The Kier molecular flexibility index (Phi) is 6.03. The van der Waals surface area contributed by atoms with Crippen molar-refractivity contribution >= 4 is 34.6 Å². The summed E-state index contributed by atoms with van der Waals surface area (Å²) in [6, 6.07) is 25.8. The summed E-state index contributed by atoms with van der Waals surface area (Å²) < 4.78 is 7.81. The van der Waals surface area contributed by atoms with Gasteiger partial charge in [0.25, 0.3) is 0 Å². The average Bonchev–Trinajstić information content (AvgIpc) is 3.45. The monoisotopic (exact) mass is 474 g/mol.